The summed E-state index contributed by atoms with van der Waals surface area (Å²) in [6, 6.07) is 4.69. The first-order valence-electron chi connectivity index (χ1n) is 4.86. The van der Waals surface area contributed by atoms with E-state index in [1.807, 2.05) is 6.92 Å². The monoisotopic (exact) mass is 275 g/mol. The Morgan fingerprint density at radius 3 is 2.87 bits per heavy atom. The Bertz CT molecular complexity index is 313. The van der Waals surface area contributed by atoms with E-state index >= 15 is 0 Å². The van der Waals surface area contributed by atoms with Gasteiger partial charge in [0.15, 0.2) is 0 Å². The molecule has 0 fully saturated rings. The lowest BCUT2D eigenvalue weighted by Gasteiger charge is -2.18. The first-order valence-corrected chi connectivity index (χ1v) is 5.65. The Labute approximate surface area is 98.0 Å². The van der Waals surface area contributed by atoms with Crippen molar-refractivity contribution in [2.75, 3.05) is 20.3 Å². The van der Waals surface area contributed by atoms with Crippen LogP contribution in [0.2, 0.25) is 0 Å². The molecule has 84 valence electrons. The second-order valence-corrected chi connectivity index (χ2v) is 4.09. The summed E-state index contributed by atoms with van der Waals surface area (Å²) in [7, 11) is 1.64. The van der Waals surface area contributed by atoms with Gasteiger partial charge < -0.3 is 10.1 Å². The Kier molecular flexibility index (Phi) is 5.22. The van der Waals surface area contributed by atoms with E-state index in [9.17, 15) is 4.39 Å². The van der Waals surface area contributed by atoms with Gasteiger partial charge in [0.2, 0.25) is 0 Å². The van der Waals surface area contributed by atoms with Crippen LogP contribution in [0.25, 0.3) is 0 Å². The first-order chi connectivity index (χ1) is 7.19. The number of halogens is 2. The fraction of sp³-hybridized carbons (Fsp3) is 0.455. The largest absolute Gasteiger partial charge is 0.383 e. The molecule has 4 heteroatoms. The molecule has 0 spiro atoms. The molecule has 2 nitrogen and oxygen atoms in total. The molecular formula is C11H15BrFNO. The fourth-order valence-electron chi connectivity index (χ4n) is 1.45. The average molecular weight is 276 g/mol. The predicted molar refractivity (Wildman–Crippen MR) is 62.4 cm³/mol. The van der Waals surface area contributed by atoms with Crippen LogP contribution in [0.1, 0.15) is 18.5 Å². The average Bonchev–Trinajstić information content (AvgIpc) is 2.21. The standard InChI is InChI=1S/C11H15BrFNO/c1-3-14-11(7-15-2)9-6-8(13)4-5-10(9)12/h4-6,11,14H,3,7H2,1-2H3. The summed E-state index contributed by atoms with van der Waals surface area (Å²) >= 11 is 3.41. The molecule has 0 aromatic heterocycles. The van der Waals surface area contributed by atoms with Gasteiger partial charge in [-0.05, 0) is 30.3 Å². The van der Waals surface area contributed by atoms with Gasteiger partial charge in [-0.15, -0.1) is 0 Å². The van der Waals surface area contributed by atoms with Crippen LogP contribution in [0.5, 0.6) is 0 Å². The van der Waals surface area contributed by atoms with E-state index in [4.69, 9.17) is 4.74 Å². The zero-order chi connectivity index (χ0) is 11.3. The van der Waals surface area contributed by atoms with Gasteiger partial charge in [-0.1, -0.05) is 22.9 Å². The number of hydrogen-bond donors (Lipinski definition) is 1. The summed E-state index contributed by atoms with van der Waals surface area (Å²) in [6.07, 6.45) is 0. The Morgan fingerprint density at radius 2 is 2.27 bits per heavy atom. The molecule has 1 aromatic carbocycles. The minimum atomic E-state index is -0.229. The maximum Gasteiger partial charge on any atom is 0.123 e. The molecule has 1 aromatic rings. The van der Waals surface area contributed by atoms with E-state index in [1.54, 1.807) is 13.2 Å². The first kappa shape index (κ1) is 12.6. The number of likely N-dealkylation sites (N-methyl/N-ethyl adjacent to an activating group) is 1. The van der Waals surface area contributed by atoms with Crippen molar-refractivity contribution in [3.63, 3.8) is 0 Å². The molecule has 0 aliphatic heterocycles. The molecule has 1 unspecified atom stereocenters. The zero-order valence-electron chi connectivity index (χ0n) is 8.89. The quantitative estimate of drug-likeness (QED) is 0.892. The number of benzene rings is 1. The van der Waals surface area contributed by atoms with Gasteiger partial charge in [-0.2, -0.15) is 0 Å². The van der Waals surface area contributed by atoms with E-state index in [0.29, 0.717) is 6.61 Å². The highest BCUT2D eigenvalue weighted by Gasteiger charge is 2.13. The summed E-state index contributed by atoms with van der Waals surface area (Å²) in [6.45, 7) is 3.35. The summed E-state index contributed by atoms with van der Waals surface area (Å²) in [5.74, 6) is -0.229. The van der Waals surface area contributed by atoms with E-state index in [-0.39, 0.29) is 11.9 Å². The van der Waals surface area contributed by atoms with Crippen molar-refractivity contribution >= 4 is 15.9 Å². The van der Waals surface area contributed by atoms with Gasteiger partial charge in [0.1, 0.15) is 5.82 Å². The van der Waals surface area contributed by atoms with E-state index in [2.05, 4.69) is 21.2 Å². The van der Waals surface area contributed by atoms with Crippen molar-refractivity contribution in [2.45, 2.75) is 13.0 Å². The zero-order valence-corrected chi connectivity index (χ0v) is 10.5. The maximum absolute atomic E-state index is 13.1. The minimum absolute atomic E-state index is 0.0186. The number of ether oxygens (including phenoxy) is 1. The van der Waals surface area contributed by atoms with Crippen LogP contribution >= 0.6 is 15.9 Å². The Balaban J connectivity index is 2.93. The highest BCUT2D eigenvalue weighted by molar-refractivity contribution is 9.10. The molecule has 0 radical (unpaired) electrons. The highest BCUT2D eigenvalue weighted by atomic mass is 79.9. The molecule has 0 saturated carbocycles. The lowest BCUT2D eigenvalue weighted by Crippen LogP contribution is -2.25. The van der Waals surface area contributed by atoms with Crippen molar-refractivity contribution in [3.8, 4) is 0 Å². The SMILES string of the molecule is CCNC(COC)c1cc(F)ccc1Br. The number of methoxy groups -OCH3 is 1. The molecule has 0 amide bonds. The van der Waals surface area contributed by atoms with Crippen molar-refractivity contribution in [1.29, 1.82) is 0 Å². The van der Waals surface area contributed by atoms with Gasteiger partial charge in [0, 0.05) is 11.6 Å². The van der Waals surface area contributed by atoms with Crippen molar-refractivity contribution in [2.24, 2.45) is 0 Å². The highest BCUT2D eigenvalue weighted by Crippen LogP contribution is 2.24. The van der Waals surface area contributed by atoms with Crippen LogP contribution in [0, 0.1) is 5.82 Å². The molecule has 0 heterocycles. The topological polar surface area (TPSA) is 21.3 Å². The van der Waals surface area contributed by atoms with Gasteiger partial charge in [-0.25, -0.2) is 4.39 Å². The molecule has 1 atom stereocenters. The summed E-state index contributed by atoms with van der Waals surface area (Å²) in [5, 5.41) is 3.25. The van der Waals surface area contributed by atoms with Gasteiger partial charge in [0.25, 0.3) is 0 Å². The number of hydrogen-bond acceptors (Lipinski definition) is 2. The molecule has 1 rings (SSSR count). The van der Waals surface area contributed by atoms with Crippen LogP contribution in [0.4, 0.5) is 4.39 Å². The van der Waals surface area contributed by atoms with Gasteiger partial charge >= 0.3 is 0 Å². The van der Waals surface area contributed by atoms with Crippen LogP contribution in [0.15, 0.2) is 22.7 Å². The lowest BCUT2D eigenvalue weighted by molar-refractivity contribution is 0.167. The summed E-state index contributed by atoms with van der Waals surface area (Å²) in [5.41, 5.74) is 0.888. The molecule has 0 aliphatic rings. The fourth-order valence-corrected chi connectivity index (χ4v) is 1.98. The maximum atomic E-state index is 13.1. The number of nitrogens with one attached hydrogen (secondary N) is 1. The summed E-state index contributed by atoms with van der Waals surface area (Å²) in [4.78, 5) is 0. The Hall–Kier alpha value is -0.450. The van der Waals surface area contributed by atoms with Crippen molar-refractivity contribution in [1.82, 2.24) is 5.32 Å². The third-order valence-corrected chi connectivity index (χ3v) is 2.84. The van der Waals surface area contributed by atoms with Crippen molar-refractivity contribution < 1.29 is 9.13 Å². The minimum Gasteiger partial charge on any atom is -0.383 e. The van der Waals surface area contributed by atoms with Gasteiger partial charge in [-0.3, -0.25) is 0 Å². The lowest BCUT2D eigenvalue weighted by atomic mass is 10.1. The van der Waals surface area contributed by atoms with E-state index in [0.717, 1.165) is 16.6 Å². The third-order valence-electron chi connectivity index (χ3n) is 2.12. The van der Waals surface area contributed by atoms with Gasteiger partial charge in [0.05, 0.1) is 12.6 Å². The molecule has 0 saturated heterocycles. The smallest absolute Gasteiger partial charge is 0.123 e. The summed E-state index contributed by atoms with van der Waals surface area (Å²) < 4.78 is 19.1. The normalized spacial score (nSPS) is 12.8. The van der Waals surface area contributed by atoms with E-state index in [1.165, 1.54) is 12.1 Å². The molecule has 1 N–H and O–H groups in total. The molecular weight excluding hydrogens is 261 g/mol. The van der Waals surface area contributed by atoms with Crippen LogP contribution in [-0.4, -0.2) is 20.3 Å². The van der Waals surface area contributed by atoms with Crippen LogP contribution < -0.4 is 5.32 Å². The second-order valence-electron chi connectivity index (χ2n) is 3.23. The predicted octanol–water partition coefficient (Wildman–Crippen LogP) is 2.89. The number of rotatable bonds is 5. The van der Waals surface area contributed by atoms with Crippen LogP contribution in [0.3, 0.4) is 0 Å². The molecule has 15 heavy (non-hydrogen) atoms. The molecule has 0 bridgehead atoms. The van der Waals surface area contributed by atoms with Crippen molar-refractivity contribution in [3.05, 3.63) is 34.1 Å². The van der Waals surface area contributed by atoms with E-state index < -0.39 is 0 Å². The van der Waals surface area contributed by atoms with Crippen LogP contribution in [-0.2, 0) is 4.74 Å². The second kappa shape index (κ2) is 6.20. The molecule has 0 aliphatic carbocycles. The third kappa shape index (κ3) is 3.55. The Morgan fingerprint density at radius 1 is 1.53 bits per heavy atom.